The van der Waals surface area contributed by atoms with E-state index < -0.39 is 0 Å². The van der Waals surface area contributed by atoms with Crippen molar-refractivity contribution in [1.29, 1.82) is 5.26 Å². The highest BCUT2D eigenvalue weighted by Gasteiger charge is 2.10. The minimum atomic E-state index is 0.683. The molecule has 2 nitrogen and oxygen atoms in total. The molecular formula is C14H20N2S. The topological polar surface area (TPSA) is 35.8 Å². The molecule has 92 valence electrons. The first-order valence-corrected chi connectivity index (χ1v) is 7.47. The van der Waals surface area contributed by atoms with Crippen molar-refractivity contribution in [3.8, 4) is 6.07 Å². The SMILES string of the molecule is N#Cc1csc(CNC2CCCCCCC2)c1. The molecule has 0 amide bonds. The van der Waals surface area contributed by atoms with Crippen molar-refractivity contribution in [1.82, 2.24) is 5.32 Å². The lowest BCUT2D eigenvalue weighted by Crippen LogP contribution is -2.28. The predicted molar refractivity (Wildman–Crippen MR) is 72.0 cm³/mol. The third kappa shape index (κ3) is 4.14. The van der Waals surface area contributed by atoms with E-state index in [-0.39, 0.29) is 0 Å². The minimum Gasteiger partial charge on any atom is -0.309 e. The molecule has 1 fully saturated rings. The van der Waals surface area contributed by atoms with E-state index in [0.29, 0.717) is 6.04 Å². The second-order valence-corrected chi connectivity index (χ2v) is 5.83. The number of hydrogen-bond donors (Lipinski definition) is 1. The number of nitriles is 1. The van der Waals surface area contributed by atoms with Crippen LogP contribution in [-0.2, 0) is 6.54 Å². The summed E-state index contributed by atoms with van der Waals surface area (Å²) >= 11 is 1.69. The van der Waals surface area contributed by atoms with Crippen molar-refractivity contribution in [2.24, 2.45) is 0 Å². The Morgan fingerprint density at radius 2 is 1.94 bits per heavy atom. The van der Waals surface area contributed by atoms with Gasteiger partial charge in [0, 0.05) is 22.8 Å². The summed E-state index contributed by atoms with van der Waals surface area (Å²) in [4.78, 5) is 1.28. The van der Waals surface area contributed by atoms with Crippen LogP contribution in [0.2, 0.25) is 0 Å². The smallest absolute Gasteiger partial charge is 0.100 e. The van der Waals surface area contributed by atoms with Crippen molar-refractivity contribution >= 4 is 11.3 Å². The fourth-order valence-electron chi connectivity index (χ4n) is 2.44. The van der Waals surface area contributed by atoms with Gasteiger partial charge in [0.05, 0.1) is 5.56 Å². The highest BCUT2D eigenvalue weighted by molar-refractivity contribution is 7.10. The van der Waals surface area contributed by atoms with Gasteiger partial charge in [0.15, 0.2) is 0 Å². The van der Waals surface area contributed by atoms with Gasteiger partial charge in [-0.1, -0.05) is 32.1 Å². The molecule has 1 aliphatic carbocycles. The maximum atomic E-state index is 8.77. The molecule has 1 aliphatic rings. The summed E-state index contributed by atoms with van der Waals surface area (Å²) < 4.78 is 0. The first-order chi connectivity index (χ1) is 8.38. The van der Waals surface area contributed by atoms with Gasteiger partial charge in [-0.3, -0.25) is 0 Å². The van der Waals surface area contributed by atoms with Crippen LogP contribution in [0.15, 0.2) is 11.4 Å². The second kappa shape index (κ2) is 6.78. The van der Waals surface area contributed by atoms with Gasteiger partial charge in [0.2, 0.25) is 0 Å². The third-order valence-corrected chi connectivity index (χ3v) is 4.39. The summed E-state index contributed by atoms with van der Waals surface area (Å²) in [7, 11) is 0. The third-order valence-electron chi connectivity index (χ3n) is 3.45. The lowest BCUT2D eigenvalue weighted by atomic mass is 9.97. The predicted octanol–water partition coefficient (Wildman–Crippen LogP) is 3.82. The van der Waals surface area contributed by atoms with Crippen molar-refractivity contribution in [3.63, 3.8) is 0 Å². The number of rotatable bonds is 3. The van der Waals surface area contributed by atoms with Crippen molar-refractivity contribution in [2.75, 3.05) is 0 Å². The van der Waals surface area contributed by atoms with Crippen LogP contribution < -0.4 is 5.32 Å². The lowest BCUT2D eigenvalue weighted by molar-refractivity contribution is 0.390. The van der Waals surface area contributed by atoms with Gasteiger partial charge in [-0.15, -0.1) is 11.3 Å². The molecule has 0 unspecified atom stereocenters. The van der Waals surface area contributed by atoms with Crippen molar-refractivity contribution < 1.29 is 0 Å². The lowest BCUT2D eigenvalue weighted by Gasteiger charge is -2.20. The van der Waals surface area contributed by atoms with Gasteiger partial charge in [-0.05, 0) is 18.9 Å². The molecule has 1 saturated carbocycles. The summed E-state index contributed by atoms with van der Waals surface area (Å²) in [5.74, 6) is 0. The summed E-state index contributed by atoms with van der Waals surface area (Å²) in [6.07, 6.45) is 9.58. The van der Waals surface area contributed by atoms with Crippen LogP contribution in [0.5, 0.6) is 0 Å². The molecule has 0 spiro atoms. The Hall–Kier alpha value is -0.850. The van der Waals surface area contributed by atoms with Gasteiger partial charge in [-0.2, -0.15) is 5.26 Å². The summed E-state index contributed by atoms with van der Waals surface area (Å²) in [5, 5.41) is 14.4. The zero-order valence-corrected chi connectivity index (χ0v) is 11.1. The Morgan fingerprint density at radius 1 is 1.24 bits per heavy atom. The molecule has 1 aromatic heterocycles. The fourth-order valence-corrected chi connectivity index (χ4v) is 3.20. The van der Waals surface area contributed by atoms with Gasteiger partial charge in [-0.25, -0.2) is 0 Å². The summed E-state index contributed by atoms with van der Waals surface area (Å²) in [5.41, 5.74) is 0.796. The fraction of sp³-hybridized carbons (Fsp3) is 0.643. The zero-order valence-electron chi connectivity index (χ0n) is 10.2. The molecule has 2 rings (SSSR count). The summed E-state index contributed by atoms with van der Waals surface area (Å²) in [6, 6.07) is 4.87. The van der Waals surface area contributed by atoms with Crippen molar-refractivity contribution in [2.45, 2.75) is 57.5 Å². The Morgan fingerprint density at radius 3 is 2.59 bits per heavy atom. The average Bonchev–Trinajstić information content (AvgIpc) is 2.75. The number of hydrogen-bond acceptors (Lipinski definition) is 3. The maximum Gasteiger partial charge on any atom is 0.100 e. The van der Waals surface area contributed by atoms with Crippen LogP contribution in [0.1, 0.15) is 55.4 Å². The van der Waals surface area contributed by atoms with Gasteiger partial charge >= 0.3 is 0 Å². The second-order valence-electron chi connectivity index (χ2n) is 4.84. The van der Waals surface area contributed by atoms with Crippen LogP contribution in [0.4, 0.5) is 0 Å². The molecule has 3 heteroatoms. The Bertz CT molecular complexity index is 370. The molecule has 0 saturated heterocycles. The molecule has 0 atom stereocenters. The molecular weight excluding hydrogens is 228 g/mol. The normalized spacial score (nSPS) is 18.3. The van der Waals surface area contributed by atoms with E-state index in [4.69, 9.17) is 5.26 Å². The number of nitrogens with zero attached hydrogens (tertiary/aromatic N) is 1. The van der Waals surface area contributed by atoms with E-state index in [2.05, 4.69) is 11.4 Å². The highest BCUT2D eigenvalue weighted by Crippen LogP contribution is 2.19. The Labute approximate surface area is 108 Å². The molecule has 17 heavy (non-hydrogen) atoms. The largest absolute Gasteiger partial charge is 0.309 e. The first kappa shape index (κ1) is 12.6. The van der Waals surface area contributed by atoms with E-state index in [1.54, 1.807) is 11.3 Å². The quantitative estimate of drug-likeness (QED) is 0.882. The molecule has 0 aliphatic heterocycles. The maximum absolute atomic E-state index is 8.77. The molecule has 0 radical (unpaired) electrons. The minimum absolute atomic E-state index is 0.683. The van der Waals surface area contributed by atoms with Crippen LogP contribution in [-0.4, -0.2) is 6.04 Å². The molecule has 0 bridgehead atoms. The van der Waals surface area contributed by atoms with E-state index >= 15 is 0 Å². The van der Waals surface area contributed by atoms with Crippen LogP contribution in [0, 0.1) is 11.3 Å². The standard InChI is InChI=1S/C14H20N2S/c15-9-12-8-14(17-11-12)10-16-13-6-4-2-1-3-5-7-13/h8,11,13,16H,1-7,10H2. The number of thiophene rings is 1. The van der Waals surface area contributed by atoms with Gasteiger partial charge in [0.25, 0.3) is 0 Å². The monoisotopic (exact) mass is 248 g/mol. The Kier molecular flexibility index (Phi) is 5.03. The van der Waals surface area contributed by atoms with E-state index in [0.717, 1.165) is 12.1 Å². The zero-order chi connectivity index (χ0) is 11.9. The van der Waals surface area contributed by atoms with E-state index in [1.807, 2.05) is 11.4 Å². The van der Waals surface area contributed by atoms with E-state index in [9.17, 15) is 0 Å². The van der Waals surface area contributed by atoms with Crippen molar-refractivity contribution in [3.05, 3.63) is 21.9 Å². The van der Waals surface area contributed by atoms with Crippen LogP contribution in [0.3, 0.4) is 0 Å². The average molecular weight is 248 g/mol. The highest BCUT2D eigenvalue weighted by atomic mass is 32.1. The van der Waals surface area contributed by atoms with E-state index in [1.165, 1.54) is 49.8 Å². The summed E-state index contributed by atoms with van der Waals surface area (Å²) in [6.45, 7) is 0.928. The molecule has 1 N–H and O–H groups in total. The Balaban J connectivity index is 1.78. The molecule has 0 aromatic carbocycles. The molecule has 1 heterocycles. The first-order valence-electron chi connectivity index (χ1n) is 6.59. The van der Waals surface area contributed by atoms with Crippen LogP contribution in [0.25, 0.3) is 0 Å². The molecule has 1 aromatic rings. The van der Waals surface area contributed by atoms with Gasteiger partial charge < -0.3 is 5.32 Å². The van der Waals surface area contributed by atoms with Crippen LogP contribution >= 0.6 is 11.3 Å². The van der Waals surface area contributed by atoms with Gasteiger partial charge in [0.1, 0.15) is 6.07 Å². The number of nitrogens with one attached hydrogen (secondary N) is 1.